The summed E-state index contributed by atoms with van der Waals surface area (Å²) in [7, 11) is 0. The summed E-state index contributed by atoms with van der Waals surface area (Å²) < 4.78 is 0. The van der Waals surface area contributed by atoms with Crippen molar-refractivity contribution in [3.05, 3.63) is 34.9 Å². The van der Waals surface area contributed by atoms with Gasteiger partial charge in [-0.2, -0.15) is 0 Å². The molecule has 1 aliphatic heterocycles. The highest BCUT2D eigenvalue weighted by Gasteiger charge is 2.18. The van der Waals surface area contributed by atoms with Gasteiger partial charge in [-0.1, -0.05) is 36.2 Å². The van der Waals surface area contributed by atoms with E-state index < -0.39 is 0 Å². The standard InChI is InChI=1S/C18H30N2O/c1-4-19-18(16-12-14(2)11-15(3)13-16)7-10-20-8-5-17(21)6-9-20/h11-13,17-19,21H,4-10H2,1-3H3. The van der Waals surface area contributed by atoms with Crippen LogP contribution < -0.4 is 5.32 Å². The number of aryl methyl sites for hydroxylation is 2. The highest BCUT2D eigenvalue weighted by molar-refractivity contribution is 5.30. The molecular weight excluding hydrogens is 260 g/mol. The number of hydrogen-bond acceptors (Lipinski definition) is 3. The summed E-state index contributed by atoms with van der Waals surface area (Å²) in [6.07, 6.45) is 2.91. The van der Waals surface area contributed by atoms with E-state index in [9.17, 15) is 5.11 Å². The lowest BCUT2D eigenvalue weighted by Crippen LogP contribution is -2.37. The molecule has 1 atom stereocenters. The van der Waals surface area contributed by atoms with Gasteiger partial charge in [0.2, 0.25) is 0 Å². The molecule has 0 aromatic heterocycles. The predicted octanol–water partition coefficient (Wildman–Crippen LogP) is 2.80. The largest absolute Gasteiger partial charge is 0.393 e. The van der Waals surface area contributed by atoms with Gasteiger partial charge in [0, 0.05) is 19.1 Å². The first-order chi connectivity index (χ1) is 10.1. The number of nitrogens with one attached hydrogen (secondary N) is 1. The average Bonchev–Trinajstić information content (AvgIpc) is 2.44. The Balaban J connectivity index is 1.95. The molecule has 1 unspecified atom stereocenters. The van der Waals surface area contributed by atoms with Crippen LogP contribution >= 0.6 is 0 Å². The number of hydrogen-bond donors (Lipinski definition) is 2. The molecule has 1 heterocycles. The Morgan fingerprint density at radius 3 is 2.38 bits per heavy atom. The molecular formula is C18H30N2O. The van der Waals surface area contributed by atoms with Crippen molar-refractivity contribution in [3.8, 4) is 0 Å². The van der Waals surface area contributed by atoms with E-state index in [1.54, 1.807) is 0 Å². The van der Waals surface area contributed by atoms with E-state index in [0.717, 1.165) is 45.4 Å². The molecule has 3 heteroatoms. The van der Waals surface area contributed by atoms with Crippen LogP contribution in [0.3, 0.4) is 0 Å². The Bertz CT molecular complexity index is 419. The molecule has 1 aromatic rings. The minimum Gasteiger partial charge on any atom is -0.393 e. The van der Waals surface area contributed by atoms with Crippen LogP contribution in [0.15, 0.2) is 18.2 Å². The minimum absolute atomic E-state index is 0.0785. The maximum absolute atomic E-state index is 9.59. The SMILES string of the molecule is CCNC(CCN1CCC(O)CC1)c1cc(C)cc(C)c1. The van der Waals surface area contributed by atoms with Crippen molar-refractivity contribution in [1.29, 1.82) is 0 Å². The van der Waals surface area contributed by atoms with Crippen LogP contribution in [-0.2, 0) is 0 Å². The molecule has 1 aromatic carbocycles. The maximum atomic E-state index is 9.59. The third kappa shape index (κ3) is 5.10. The molecule has 0 aliphatic carbocycles. The number of nitrogens with zero attached hydrogens (tertiary/aromatic N) is 1. The zero-order valence-electron chi connectivity index (χ0n) is 13.7. The molecule has 0 amide bonds. The highest BCUT2D eigenvalue weighted by atomic mass is 16.3. The molecule has 3 nitrogen and oxygen atoms in total. The van der Waals surface area contributed by atoms with E-state index in [4.69, 9.17) is 0 Å². The van der Waals surface area contributed by atoms with Crippen molar-refractivity contribution in [2.24, 2.45) is 0 Å². The Hall–Kier alpha value is -0.900. The van der Waals surface area contributed by atoms with Crippen molar-refractivity contribution in [2.75, 3.05) is 26.2 Å². The van der Waals surface area contributed by atoms with Crippen LogP contribution in [0.5, 0.6) is 0 Å². The zero-order valence-corrected chi connectivity index (χ0v) is 13.7. The van der Waals surface area contributed by atoms with E-state index >= 15 is 0 Å². The number of likely N-dealkylation sites (tertiary alicyclic amines) is 1. The summed E-state index contributed by atoms with van der Waals surface area (Å²) in [4.78, 5) is 2.49. The minimum atomic E-state index is -0.0785. The van der Waals surface area contributed by atoms with Crippen molar-refractivity contribution < 1.29 is 5.11 Å². The van der Waals surface area contributed by atoms with Crippen molar-refractivity contribution in [2.45, 2.75) is 52.2 Å². The van der Waals surface area contributed by atoms with Crippen LogP contribution in [0.1, 0.15) is 48.9 Å². The Morgan fingerprint density at radius 2 is 1.81 bits per heavy atom. The first kappa shape index (κ1) is 16.5. The van der Waals surface area contributed by atoms with Gasteiger partial charge in [0.25, 0.3) is 0 Å². The van der Waals surface area contributed by atoms with Crippen LogP contribution in [0.25, 0.3) is 0 Å². The number of aliphatic hydroxyl groups excluding tert-OH is 1. The summed E-state index contributed by atoms with van der Waals surface area (Å²) in [5.41, 5.74) is 4.09. The second-order valence-electron chi connectivity index (χ2n) is 6.39. The van der Waals surface area contributed by atoms with Crippen LogP contribution in [0.4, 0.5) is 0 Å². The molecule has 0 saturated carbocycles. The zero-order chi connectivity index (χ0) is 15.2. The van der Waals surface area contributed by atoms with Gasteiger partial charge in [0.1, 0.15) is 0 Å². The molecule has 0 spiro atoms. The fourth-order valence-corrected chi connectivity index (χ4v) is 3.30. The number of piperidine rings is 1. The topological polar surface area (TPSA) is 35.5 Å². The number of benzene rings is 1. The lowest BCUT2D eigenvalue weighted by atomic mass is 9.98. The smallest absolute Gasteiger partial charge is 0.0564 e. The fourth-order valence-electron chi connectivity index (χ4n) is 3.30. The monoisotopic (exact) mass is 290 g/mol. The summed E-state index contributed by atoms with van der Waals surface area (Å²) >= 11 is 0. The molecule has 2 rings (SSSR count). The number of rotatable bonds is 6. The predicted molar refractivity (Wildman–Crippen MR) is 88.6 cm³/mol. The third-order valence-electron chi connectivity index (χ3n) is 4.39. The Labute approximate surface area is 129 Å². The normalized spacial score (nSPS) is 18.9. The van der Waals surface area contributed by atoms with Crippen molar-refractivity contribution in [1.82, 2.24) is 10.2 Å². The molecule has 1 saturated heterocycles. The highest BCUT2D eigenvalue weighted by Crippen LogP contribution is 2.21. The lowest BCUT2D eigenvalue weighted by Gasteiger charge is -2.31. The van der Waals surface area contributed by atoms with Gasteiger partial charge in [0.15, 0.2) is 0 Å². The maximum Gasteiger partial charge on any atom is 0.0564 e. The van der Waals surface area contributed by atoms with E-state index in [2.05, 4.69) is 49.2 Å². The number of aliphatic hydroxyl groups is 1. The van der Waals surface area contributed by atoms with Gasteiger partial charge < -0.3 is 15.3 Å². The van der Waals surface area contributed by atoms with Crippen molar-refractivity contribution in [3.63, 3.8) is 0 Å². The van der Waals surface area contributed by atoms with Crippen LogP contribution in [0.2, 0.25) is 0 Å². The van der Waals surface area contributed by atoms with Gasteiger partial charge in [-0.15, -0.1) is 0 Å². The fraction of sp³-hybridized carbons (Fsp3) is 0.667. The molecule has 0 bridgehead atoms. The summed E-state index contributed by atoms with van der Waals surface area (Å²) in [5.74, 6) is 0. The summed E-state index contributed by atoms with van der Waals surface area (Å²) in [6, 6.07) is 7.28. The molecule has 1 aliphatic rings. The van der Waals surface area contributed by atoms with Crippen LogP contribution in [-0.4, -0.2) is 42.3 Å². The van der Waals surface area contributed by atoms with Crippen LogP contribution in [0, 0.1) is 13.8 Å². The van der Waals surface area contributed by atoms with E-state index in [0.29, 0.717) is 6.04 Å². The molecule has 0 radical (unpaired) electrons. The average molecular weight is 290 g/mol. The lowest BCUT2D eigenvalue weighted by molar-refractivity contribution is 0.0806. The quantitative estimate of drug-likeness (QED) is 0.845. The Kier molecular flexibility index (Phi) is 6.22. The molecule has 21 heavy (non-hydrogen) atoms. The first-order valence-electron chi connectivity index (χ1n) is 8.30. The van der Waals surface area contributed by atoms with Gasteiger partial charge in [-0.3, -0.25) is 0 Å². The molecule has 2 N–H and O–H groups in total. The summed E-state index contributed by atoms with van der Waals surface area (Å²) in [6.45, 7) is 10.7. The van der Waals surface area contributed by atoms with E-state index in [-0.39, 0.29) is 6.10 Å². The second kappa shape index (κ2) is 7.92. The van der Waals surface area contributed by atoms with E-state index in [1.165, 1.54) is 16.7 Å². The van der Waals surface area contributed by atoms with E-state index in [1.807, 2.05) is 0 Å². The van der Waals surface area contributed by atoms with Gasteiger partial charge in [-0.05, 0) is 51.8 Å². The molecule has 118 valence electrons. The van der Waals surface area contributed by atoms with Crippen molar-refractivity contribution >= 4 is 0 Å². The molecule has 1 fully saturated rings. The first-order valence-corrected chi connectivity index (χ1v) is 8.30. The van der Waals surface area contributed by atoms with Gasteiger partial charge in [-0.25, -0.2) is 0 Å². The summed E-state index contributed by atoms with van der Waals surface area (Å²) in [5, 5.41) is 13.2. The third-order valence-corrected chi connectivity index (χ3v) is 4.39. The second-order valence-corrected chi connectivity index (χ2v) is 6.39. The van der Waals surface area contributed by atoms with Gasteiger partial charge >= 0.3 is 0 Å². The Morgan fingerprint density at radius 1 is 1.19 bits per heavy atom. The van der Waals surface area contributed by atoms with Gasteiger partial charge in [0.05, 0.1) is 6.10 Å².